The molecule has 26 heavy (non-hydrogen) atoms. The summed E-state index contributed by atoms with van der Waals surface area (Å²) in [5.74, 6) is -0.0738. The number of carbonyl (C=O) groups is 1. The monoisotopic (exact) mass is 368 g/mol. The molecule has 0 saturated carbocycles. The van der Waals surface area contributed by atoms with Crippen LogP contribution in [0.4, 0.5) is 0 Å². The maximum atomic E-state index is 13.1. The van der Waals surface area contributed by atoms with Crippen molar-refractivity contribution in [1.29, 1.82) is 0 Å². The molecule has 0 aliphatic rings. The van der Waals surface area contributed by atoms with Crippen LogP contribution in [-0.4, -0.2) is 13.1 Å². The van der Waals surface area contributed by atoms with E-state index in [-0.39, 0.29) is 11.3 Å². The fourth-order valence-electron chi connectivity index (χ4n) is 2.30. The van der Waals surface area contributed by atoms with Crippen molar-refractivity contribution in [3.8, 4) is 11.5 Å². The maximum absolute atomic E-state index is 13.1. The van der Waals surface area contributed by atoms with Gasteiger partial charge in [-0.2, -0.15) is 0 Å². The van der Waals surface area contributed by atoms with Gasteiger partial charge in [-0.1, -0.05) is 48.5 Å². The van der Waals surface area contributed by atoms with E-state index in [1.165, 1.54) is 7.11 Å². The molecule has 0 saturated heterocycles. The second kappa shape index (κ2) is 8.00. The van der Waals surface area contributed by atoms with Crippen molar-refractivity contribution >= 4 is 18.9 Å². The van der Waals surface area contributed by atoms with Crippen LogP contribution >= 0.6 is 7.60 Å². The number of rotatable bonds is 6. The Morgan fingerprint density at radius 2 is 1.38 bits per heavy atom. The summed E-state index contributed by atoms with van der Waals surface area (Å²) < 4.78 is 29.3. The predicted octanol–water partition coefficient (Wildman–Crippen LogP) is 4.45. The first-order valence-corrected chi connectivity index (χ1v) is 9.44. The maximum Gasteiger partial charge on any atom is 0.410 e. The Balaban J connectivity index is 1.89. The third-order valence-corrected chi connectivity index (χ3v) is 5.44. The second-order valence-corrected chi connectivity index (χ2v) is 7.36. The number of hydrogen-bond acceptors (Lipinski definition) is 5. The zero-order valence-corrected chi connectivity index (χ0v) is 15.0. The average Bonchev–Trinajstić information content (AvgIpc) is 2.69. The highest BCUT2D eigenvalue weighted by atomic mass is 31.2. The van der Waals surface area contributed by atoms with Crippen LogP contribution < -0.4 is 14.6 Å². The van der Waals surface area contributed by atoms with Gasteiger partial charge in [0, 0.05) is 7.11 Å². The van der Waals surface area contributed by atoms with E-state index in [0.29, 0.717) is 11.1 Å². The van der Waals surface area contributed by atoms with Gasteiger partial charge >= 0.3 is 13.6 Å². The Labute approximate surface area is 151 Å². The summed E-state index contributed by atoms with van der Waals surface area (Å²) in [5.41, 5.74) is 0.157. The topological polar surface area (TPSA) is 61.8 Å². The molecule has 0 radical (unpaired) electrons. The number of esters is 1. The summed E-state index contributed by atoms with van der Waals surface area (Å²) in [7, 11) is -2.33. The number of hydrogen-bond donors (Lipinski definition) is 0. The summed E-state index contributed by atoms with van der Waals surface area (Å²) in [6.45, 7) is 0. The highest BCUT2D eigenvalue weighted by molar-refractivity contribution is 7.62. The van der Waals surface area contributed by atoms with E-state index < -0.39 is 13.6 Å². The lowest BCUT2D eigenvalue weighted by Gasteiger charge is -2.19. The smallest absolute Gasteiger partial charge is 0.410 e. The summed E-state index contributed by atoms with van der Waals surface area (Å²) in [6, 6.07) is 23.7. The van der Waals surface area contributed by atoms with Crippen LogP contribution in [0.2, 0.25) is 0 Å². The van der Waals surface area contributed by atoms with Crippen LogP contribution in [0.25, 0.3) is 0 Å². The lowest BCUT2D eigenvalue weighted by atomic mass is 10.2. The quantitative estimate of drug-likeness (QED) is 0.365. The minimum Gasteiger partial charge on any atom is -0.423 e. The van der Waals surface area contributed by atoms with Crippen molar-refractivity contribution in [2.75, 3.05) is 7.11 Å². The highest BCUT2D eigenvalue weighted by Gasteiger charge is 2.29. The SMILES string of the molecule is COP(=O)(Oc1ccccc1C(=O)Oc1ccccc1)c1ccccc1. The Morgan fingerprint density at radius 1 is 0.808 bits per heavy atom. The molecule has 3 aromatic carbocycles. The largest absolute Gasteiger partial charge is 0.423 e. The minimum absolute atomic E-state index is 0.127. The molecule has 0 N–H and O–H groups in total. The molecule has 0 amide bonds. The summed E-state index contributed by atoms with van der Waals surface area (Å²) in [6.07, 6.45) is 0. The predicted molar refractivity (Wildman–Crippen MR) is 99.2 cm³/mol. The Morgan fingerprint density at radius 3 is 2.04 bits per heavy atom. The number of carbonyl (C=O) groups excluding carboxylic acids is 1. The molecule has 0 aromatic heterocycles. The van der Waals surface area contributed by atoms with Gasteiger partial charge in [-0.3, -0.25) is 4.52 Å². The molecule has 0 heterocycles. The normalized spacial score (nSPS) is 12.8. The fourth-order valence-corrected chi connectivity index (χ4v) is 3.65. The zero-order chi connectivity index (χ0) is 18.4. The van der Waals surface area contributed by atoms with E-state index in [4.69, 9.17) is 13.8 Å². The van der Waals surface area contributed by atoms with Gasteiger partial charge in [-0.15, -0.1) is 0 Å². The number of benzene rings is 3. The molecule has 1 unspecified atom stereocenters. The number of ether oxygens (including phenoxy) is 1. The third kappa shape index (κ3) is 4.02. The molecular weight excluding hydrogens is 351 g/mol. The van der Waals surface area contributed by atoms with E-state index in [0.717, 1.165) is 0 Å². The molecule has 6 heteroatoms. The van der Waals surface area contributed by atoms with Crippen molar-refractivity contribution in [3.63, 3.8) is 0 Å². The van der Waals surface area contributed by atoms with Gasteiger partial charge in [0.2, 0.25) is 0 Å². The van der Waals surface area contributed by atoms with E-state index in [9.17, 15) is 9.36 Å². The van der Waals surface area contributed by atoms with Crippen molar-refractivity contribution in [1.82, 2.24) is 0 Å². The molecular formula is C20H17O5P. The first-order valence-electron chi connectivity index (χ1n) is 7.89. The first-order chi connectivity index (χ1) is 12.6. The van der Waals surface area contributed by atoms with E-state index >= 15 is 0 Å². The summed E-state index contributed by atoms with van der Waals surface area (Å²) in [4.78, 5) is 12.5. The molecule has 3 aromatic rings. The lowest BCUT2D eigenvalue weighted by molar-refractivity contribution is 0.0733. The molecule has 0 bridgehead atoms. The average molecular weight is 368 g/mol. The van der Waals surface area contributed by atoms with Crippen molar-refractivity contribution < 1.29 is 23.1 Å². The van der Waals surface area contributed by atoms with Crippen LogP contribution in [0.15, 0.2) is 84.9 Å². The minimum atomic E-state index is -3.63. The zero-order valence-electron chi connectivity index (χ0n) is 14.1. The van der Waals surface area contributed by atoms with Crippen molar-refractivity contribution in [3.05, 3.63) is 90.5 Å². The lowest BCUT2D eigenvalue weighted by Crippen LogP contribution is -2.14. The van der Waals surface area contributed by atoms with Gasteiger partial charge in [0.1, 0.15) is 17.1 Å². The number of para-hydroxylation sites is 2. The Kier molecular flexibility index (Phi) is 5.52. The first kappa shape index (κ1) is 17.9. The van der Waals surface area contributed by atoms with Gasteiger partial charge in [-0.05, 0) is 36.4 Å². The van der Waals surface area contributed by atoms with Crippen molar-refractivity contribution in [2.24, 2.45) is 0 Å². The fraction of sp³-hybridized carbons (Fsp3) is 0.0500. The Bertz CT molecular complexity index is 925. The molecule has 5 nitrogen and oxygen atoms in total. The summed E-state index contributed by atoms with van der Waals surface area (Å²) >= 11 is 0. The molecule has 0 aliphatic heterocycles. The molecule has 0 fully saturated rings. The molecule has 3 rings (SSSR count). The summed E-state index contributed by atoms with van der Waals surface area (Å²) in [5, 5.41) is 0.397. The van der Waals surface area contributed by atoms with E-state index in [1.54, 1.807) is 78.9 Å². The van der Waals surface area contributed by atoms with Gasteiger partial charge < -0.3 is 9.26 Å². The molecule has 0 spiro atoms. The van der Waals surface area contributed by atoms with Gasteiger partial charge in [0.15, 0.2) is 0 Å². The molecule has 1 atom stereocenters. The van der Waals surface area contributed by atoms with Crippen LogP contribution in [0.3, 0.4) is 0 Å². The van der Waals surface area contributed by atoms with Gasteiger partial charge in [0.05, 0.1) is 5.30 Å². The van der Waals surface area contributed by atoms with E-state index in [1.807, 2.05) is 6.07 Å². The molecule has 132 valence electrons. The molecule has 0 aliphatic carbocycles. The van der Waals surface area contributed by atoms with Crippen LogP contribution in [-0.2, 0) is 9.09 Å². The van der Waals surface area contributed by atoms with Gasteiger partial charge in [0.25, 0.3) is 0 Å². The van der Waals surface area contributed by atoms with Crippen LogP contribution in [0, 0.1) is 0 Å². The second-order valence-electron chi connectivity index (χ2n) is 5.31. The van der Waals surface area contributed by atoms with Crippen LogP contribution in [0.1, 0.15) is 10.4 Å². The third-order valence-electron chi connectivity index (χ3n) is 3.59. The van der Waals surface area contributed by atoms with Crippen molar-refractivity contribution in [2.45, 2.75) is 0 Å². The van der Waals surface area contributed by atoms with Gasteiger partial charge in [-0.25, -0.2) is 9.36 Å². The van der Waals surface area contributed by atoms with E-state index in [2.05, 4.69) is 0 Å². The standard InChI is InChI=1S/C20H17O5P/c1-23-26(22,17-12-6-3-7-13-17)25-19-15-9-8-14-18(19)20(21)24-16-10-4-2-5-11-16/h2-15H,1H3. The van der Waals surface area contributed by atoms with Crippen LogP contribution in [0.5, 0.6) is 11.5 Å². The Hall–Kier alpha value is -2.88. The highest BCUT2D eigenvalue weighted by Crippen LogP contribution is 2.47.